The molecular formula is C8H12N2O2. The van der Waals surface area contributed by atoms with Crippen LogP contribution in [0.25, 0.3) is 0 Å². The molecule has 4 heteroatoms. The van der Waals surface area contributed by atoms with Crippen molar-refractivity contribution < 1.29 is 9.53 Å². The summed E-state index contributed by atoms with van der Waals surface area (Å²) < 4.78 is 4.56. The highest BCUT2D eigenvalue weighted by Gasteiger charge is 2.35. The molecule has 1 aliphatic rings. The third-order valence-corrected chi connectivity index (χ3v) is 2.18. The summed E-state index contributed by atoms with van der Waals surface area (Å²) in [6.07, 6.45) is 0.685. The Kier molecular flexibility index (Phi) is 2.66. The van der Waals surface area contributed by atoms with E-state index in [2.05, 4.69) is 16.1 Å². The Morgan fingerprint density at radius 1 is 1.75 bits per heavy atom. The first-order chi connectivity index (χ1) is 5.69. The van der Waals surface area contributed by atoms with Crippen molar-refractivity contribution in [3.05, 3.63) is 0 Å². The maximum atomic E-state index is 11.0. The van der Waals surface area contributed by atoms with Crippen molar-refractivity contribution in [3.8, 4) is 6.07 Å². The Hall–Kier alpha value is -1.08. The summed E-state index contributed by atoms with van der Waals surface area (Å²) in [6, 6.07) is 1.59. The summed E-state index contributed by atoms with van der Waals surface area (Å²) in [4.78, 5) is 11.0. The minimum Gasteiger partial charge on any atom is -0.468 e. The quantitative estimate of drug-likeness (QED) is 0.562. The molecule has 0 aromatic heterocycles. The van der Waals surface area contributed by atoms with Crippen molar-refractivity contribution in [1.29, 1.82) is 5.26 Å². The molecule has 1 saturated heterocycles. The lowest BCUT2D eigenvalue weighted by Crippen LogP contribution is -2.35. The predicted octanol–water partition coefficient (Wildman–Crippen LogP) is 0.0496. The highest BCUT2D eigenvalue weighted by atomic mass is 16.5. The first-order valence-corrected chi connectivity index (χ1v) is 3.92. The lowest BCUT2D eigenvalue weighted by Gasteiger charge is -2.06. The maximum absolute atomic E-state index is 11.0. The van der Waals surface area contributed by atoms with E-state index in [0.29, 0.717) is 6.42 Å². The van der Waals surface area contributed by atoms with E-state index in [1.807, 2.05) is 6.92 Å². The van der Waals surface area contributed by atoms with Crippen LogP contribution in [0.4, 0.5) is 0 Å². The van der Waals surface area contributed by atoms with Gasteiger partial charge in [0.2, 0.25) is 0 Å². The van der Waals surface area contributed by atoms with Crippen LogP contribution in [0.5, 0.6) is 0 Å². The SMILES string of the molecule is COC(=O)[C@@H]1C[C@H](C)C(C#N)N1. The Labute approximate surface area is 71.5 Å². The van der Waals surface area contributed by atoms with Gasteiger partial charge >= 0.3 is 5.97 Å². The highest BCUT2D eigenvalue weighted by molar-refractivity contribution is 5.76. The molecule has 0 saturated carbocycles. The van der Waals surface area contributed by atoms with Gasteiger partial charge in [-0.3, -0.25) is 10.1 Å². The molecular weight excluding hydrogens is 156 g/mol. The molecule has 0 bridgehead atoms. The normalized spacial score (nSPS) is 34.2. The molecule has 66 valence electrons. The molecule has 4 nitrogen and oxygen atoms in total. The van der Waals surface area contributed by atoms with Gasteiger partial charge in [-0.25, -0.2) is 0 Å². The number of nitrogens with zero attached hydrogens (tertiary/aromatic N) is 1. The summed E-state index contributed by atoms with van der Waals surface area (Å²) in [6.45, 7) is 1.95. The zero-order valence-electron chi connectivity index (χ0n) is 7.20. The fourth-order valence-corrected chi connectivity index (χ4v) is 1.43. The molecule has 1 fully saturated rings. The number of carbonyl (C=O) groups is 1. The van der Waals surface area contributed by atoms with Crippen LogP contribution in [0.2, 0.25) is 0 Å². The molecule has 3 atom stereocenters. The molecule has 1 unspecified atom stereocenters. The summed E-state index contributed by atoms with van der Waals surface area (Å²) in [5, 5.41) is 11.5. The van der Waals surface area contributed by atoms with Gasteiger partial charge in [-0.15, -0.1) is 0 Å². The summed E-state index contributed by atoms with van der Waals surface area (Å²) in [5.41, 5.74) is 0. The summed E-state index contributed by atoms with van der Waals surface area (Å²) in [5.74, 6) is -0.0568. The van der Waals surface area contributed by atoms with Crippen LogP contribution in [-0.4, -0.2) is 25.2 Å². The molecule has 0 spiro atoms. The van der Waals surface area contributed by atoms with E-state index in [0.717, 1.165) is 0 Å². The molecule has 1 rings (SSSR count). The topological polar surface area (TPSA) is 62.1 Å². The molecule has 0 aromatic rings. The van der Waals surface area contributed by atoms with Crippen molar-refractivity contribution in [2.75, 3.05) is 7.11 Å². The second-order valence-electron chi connectivity index (χ2n) is 3.06. The Balaban J connectivity index is 2.55. The van der Waals surface area contributed by atoms with Crippen molar-refractivity contribution in [2.45, 2.75) is 25.4 Å². The predicted molar refractivity (Wildman–Crippen MR) is 42.1 cm³/mol. The molecule has 12 heavy (non-hydrogen) atoms. The molecule has 0 radical (unpaired) electrons. The smallest absolute Gasteiger partial charge is 0.322 e. The number of ether oxygens (including phenoxy) is 1. The lowest BCUT2D eigenvalue weighted by molar-refractivity contribution is -0.142. The van der Waals surface area contributed by atoms with Crippen molar-refractivity contribution in [3.63, 3.8) is 0 Å². The average Bonchev–Trinajstić information content (AvgIpc) is 2.45. The molecule has 1 heterocycles. The van der Waals surface area contributed by atoms with Gasteiger partial charge in [-0.05, 0) is 12.3 Å². The van der Waals surface area contributed by atoms with Crippen LogP contribution in [0.3, 0.4) is 0 Å². The number of methoxy groups -OCH3 is 1. The number of esters is 1. The van der Waals surface area contributed by atoms with Crippen LogP contribution in [0.15, 0.2) is 0 Å². The number of hydrogen-bond acceptors (Lipinski definition) is 4. The van der Waals surface area contributed by atoms with E-state index in [4.69, 9.17) is 5.26 Å². The molecule has 0 aliphatic carbocycles. The molecule has 1 aliphatic heterocycles. The highest BCUT2D eigenvalue weighted by Crippen LogP contribution is 2.19. The molecule has 1 N–H and O–H groups in total. The zero-order chi connectivity index (χ0) is 9.14. The van der Waals surface area contributed by atoms with E-state index < -0.39 is 0 Å². The third-order valence-electron chi connectivity index (χ3n) is 2.18. The fraction of sp³-hybridized carbons (Fsp3) is 0.750. The number of nitriles is 1. The number of nitrogens with one attached hydrogen (secondary N) is 1. The lowest BCUT2D eigenvalue weighted by atomic mass is 10.0. The van der Waals surface area contributed by atoms with Gasteiger partial charge in [0, 0.05) is 0 Å². The van der Waals surface area contributed by atoms with Gasteiger partial charge < -0.3 is 4.74 Å². The number of carbonyl (C=O) groups excluding carboxylic acids is 1. The van der Waals surface area contributed by atoms with Gasteiger partial charge in [0.05, 0.1) is 19.2 Å². The van der Waals surface area contributed by atoms with E-state index in [1.165, 1.54) is 7.11 Å². The first kappa shape index (κ1) is 9.01. The minimum atomic E-state index is -0.297. The van der Waals surface area contributed by atoms with Gasteiger partial charge in [0.25, 0.3) is 0 Å². The first-order valence-electron chi connectivity index (χ1n) is 3.92. The van der Waals surface area contributed by atoms with Gasteiger partial charge in [0.15, 0.2) is 0 Å². The monoisotopic (exact) mass is 168 g/mol. The fourth-order valence-electron chi connectivity index (χ4n) is 1.43. The van der Waals surface area contributed by atoms with Crippen LogP contribution < -0.4 is 5.32 Å². The van der Waals surface area contributed by atoms with Crippen LogP contribution in [0.1, 0.15) is 13.3 Å². The largest absolute Gasteiger partial charge is 0.468 e. The summed E-state index contributed by atoms with van der Waals surface area (Å²) in [7, 11) is 1.36. The standard InChI is InChI=1S/C8H12N2O2/c1-5-3-6(8(11)12-2)10-7(5)4-9/h5-7,10H,3H2,1-2H3/t5-,6-,7?/m0/s1. The van der Waals surface area contributed by atoms with E-state index in [-0.39, 0.29) is 24.0 Å². The van der Waals surface area contributed by atoms with Crippen LogP contribution in [0, 0.1) is 17.2 Å². The van der Waals surface area contributed by atoms with Crippen LogP contribution in [-0.2, 0) is 9.53 Å². The van der Waals surface area contributed by atoms with Crippen molar-refractivity contribution in [1.82, 2.24) is 5.32 Å². The maximum Gasteiger partial charge on any atom is 0.322 e. The van der Waals surface area contributed by atoms with Crippen LogP contribution >= 0.6 is 0 Å². The van der Waals surface area contributed by atoms with E-state index in [9.17, 15) is 4.79 Å². The Morgan fingerprint density at radius 2 is 2.42 bits per heavy atom. The Bertz CT molecular complexity index is 222. The second-order valence-corrected chi connectivity index (χ2v) is 3.06. The molecule has 0 aromatic carbocycles. The average molecular weight is 168 g/mol. The van der Waals surface area contributed by atoms with E-state index >= 15 is 0 Å². The molecule has 0 amide bonds. The van der Waals surface area contributed by atoms with Gasteiger partial charge in [-0.2, -0.15) is 5.26 Å². The van der Waals surface area contributed by atoms with Crippen molar-refractivity contribution >= 4 is 5.97 Å². The van der Waals surface area contributed by atoms with E-state index in [1.54, 1.807) is 0 Å². The second kappa shape index (κ2) is 3.55. The van der Waals surface area contributed by atoms with Gasteiger partial charge in [-0.1, -0.05) is 6.92 Å². The zero-order valence-corrected chi connectivity index (χ0v) is 7.20. The Morgan fingerprint density at radius 3 is 2.83 bits per heavy atom. The van der Waals surface area contributed by atoms with Gasteiger partial charge in [0.1, 0.15) is 6.04 Å². The number of hydrogen-bond donors (Lipinski definition) is 1. The summed E-state index contributed by atoms with van der Waals surface area (Å²) >= 11 is 0. The number of rotatable bonds is 1. The van der Waals surface area contributed by atoms with Crippen molar-refractivity contribution in [2.24, 2.45) is 5.92 Å². The third kappa shape index (κ3) is 1.56. The minimum absolute atomic E-state index is 0.214.